The van der Waals surface area contributed by atoms with Gasteiger partial charge in [0.05, 0.1) is 27.0 Å². The summed E-state index contributed by atoms with van der Waals surface area (Å²) in [6, 6.07) is 8.52. The Morgan fingerprint density at radius 1 is 1.16 bits per heavy atom. The van der Waals surface area contributed by atoms with Crippen molar-refractivity contribution in [1.29, 1.82) is 0 Å². The summed E-state index contributed by atoms with van der Waals surface area (Å²) in [5.74, 6) is 1.41. The normalized spacial score (nSPS) is 10.2. The number of nitrogens with one attached hydrogen (secondary N) is 1. The largest absolute Gasteiger partial charge is 0.497 e. The van der Waals surface area contributed by atoms with E-state index in [1.807, 2.05) is 0 Å². The zero-order chi connectivity index (χ0) is 18.2. The number of nitrogens with zero attached hydrogens (tertiary/aromatic N) is 1. The minimum Gasteiger partial charge on any atom is -0.497 e. The van der Waals surface area contributed by atoms with Gasteiger partial charge in [0, 0.05) is 31.6 Å². The molecule has 0 spiro atoms. The third-order valence-corrected chi connectivity index (χ3v) is 3.65. The molecule has 7 nitrogen and oxygen atoms in total. The van der Waals surface area contributed by atoms with Gasteiger partial charge in [-0.3, -0.25) is 9.59 Å². The van der Waals surface area contributed by atoms with Gasteiger partial charge in [0.25, 0.3) is 5.91 Å². The summed E-state index contributed by atoms with van der Waals surface area (Å²) in [5, 5.41) is 2.79. The number of amides is 2. The Hall–Kier alpha value is -2.96. The maximum absolute atomic E-state index is 12.3. The first-order valence-electron chi connectivity index (χ1n) is 7.82. The highest BCUT2D eigenvalue weighted by molar-refractivity contribution is 5.95. The third kappa shape index (κ3) is 5.27. The molecule has 0 atom stereocenters. The lowest BCUT2D eigenvalue weighted by atomic mass is 10.2. The van der Waals surface area contributed by atoms with Crippen LogP contribution < -0.4 is 14.8 Å². The van der Waals surface area contributed by atoms with Crippen LogP contribution in [0, 0.1) is 0 Å². The molecule has 2 amide bonds. The molecule has 1 aromatic heterocycles. The molecule has 0 aliphatic rings. The Morgan fingerprint density at radius 2 is 1.84 bits per heavy atom. The van der Waals surface area contributed by atoms with Gasteiger partial charge in [-0.25, -0.2) is 0 Å². The Kier molecular flexibility index (Phi) is 6.45. The number of hydrogen-bond donors (Lipinski definition) is 1. The fraction of sp³-hybridized carbons (Fsp3) is 0.333. The first kappa shape index (κ1) is 18.4. The Labute approximate surface area is 146 Å². The molecule has 1 aromatic carbocycles. The fourth-order valence-electron chi connectivity index (χ4n) is 2.28. The summed E-state index contributed by atoms with van der Waals surface area (Å²) in [6.07, 6.45) is 1.56. The van der Waals surface area contributed by atoms with Gasteiger partial charge in [0.1, 0.15) is 17.3 Å². The summed E-state index contributed by atoms with van der Waals surface area (Å²) in [5.41, 5.74) is 0.427. The molecule has 1 N–H and O–H groups in total. The minimum absolute atomic E-state index is 0.0892. The topological polar surface area (TPSA) is 81.0 Å². The summed E-state index contributed by atoms with van der Waals surface area (Å²) < 4.78 is 15.6. The van der Waals surface area contributed by atoms with Crippen LogP contribution >= 0.6 is 0 Å². The number of carbonyl (C=O) groups is 2. The van der Waals surface area contributed by atoms with E-state index in [1.54, 1.807) is 41.5 Å². The molecule has 0 bridgehead atoms. The Balaban J connectivity index is 1.93. The van der Waals surface area contributed by atoms with Gasteiger partial charge in [0.15, 0.2) is 0 Å². The Morgan fingerprint density at radius 3 is 2.36 bits per heavy atom. The van der Waals surface area contributed by atoms with Gasteiger partial charge in [-0.2, -0.15) is 0 Å². The molecular formula is C18H22N2O5. The monoisotopic (exact) mass is 346 g/mol. The molecule has 134 valence electrons. The Bertz CT molecular complexity index is 690. The summed E-state index contributed by atoms with van der Waals surface area (Å²) >= 11 is 0. The summed E-state index contributed by atoms with van der Waals surface area (Å²) in [4.78, 5) is 25.6. The molecule has 0 saturated carbocycles. The summed E-state index contributed by atoms with van der Waals surface area (Å²) in [7, 11) is 3.05. The predicted molar refractivity (Wildman–Crippen MR) is 91.7 cm³/mol. The number of methoxy groups -OCH3 is 2. The number of benzene rings is 1. The third-order valence-electron chi connectivity index (χ3n) is 3.65. The lowest BCUT2D eigenvalue weighted by Crippen LogP contribution is -2.37. The van der Waals surface area contributed by atoms with Crippen LogP contribution in [0.3, 0.4) is 0 Å². The van der Waals surface area contributed by atoms with Crippen LogP contribution in [0.1, 0.15) is 23.0 Å². The zero-order valence-electron chi connectivity index (χ0n) is 14.6. The van der Waals surface area contributed by atoms with Crippen molar-refractivity contribution in [1.82, 2.24) is 10.2 Å². The highest BCUT2D eigenvalue weighted by atomic mass is 16.5. The average Bonchev–Trinajstić information content (AvgIpc) is 3.13. The van der Waals surface area contributed by atoms with E-state index in [1.165, 1.54) is 21.1 Å². The quantitative estimate of drug-likeness (QED) is 0.791. The van der Waals surface area contributed by atoms with E-state index in [0.29, 0.717) is 42.5 Å². The van der Waals surface area contributed by atoms with Crippen LogP contribution in [0.2, 0.25) is 0 Å². The van der Waals surface area contributed by atoms with Gasteiger partial charge in [0.2, 0.25) is 5.91 Å². The molecule has 1 heterocycles. The van der Waals surface area contributed by atoms with Crippen molar-refractivity contribution < 1.29 is 23.5 Å². The molecule has 2 aromatic rings. The van der Waals surface area contributed by atoms with Crippen LogP contribution in [0.4, 0.5) is 0 Å². The van der Waals surface area contributed by atoms with E-state index in [4.69, 9.17) is 13.9 Å². The van der Waals surface area contributed by atoms with Crippen LogP contribution in [-0.4, -0.2) is 44.0 Å². The fourth-order valence-corrected chi connectivity index (χ4v) is 2.28. The van der Waals surface area contributed by atoms with Crippen molar-refractivity contribution in [3.63, 3.8) is 0 Å². The van der Waals surface area contributed by atoms with Crippen molar-refractivity contribution in [3.8, 4) is 11.5 Å². The van der Waals surface area contributed by atoms with Gasteiger partial charge in [-0.15, -0.1) is 0 Å². The van der Waals surface area contributed by atoms with E-state index < -0.39 is 0 Å². The van der Waals surface area contributed by atoms with Crippen molar-refractivity contribution in [2.45, 2.75) is 13.5 Å². The molecule has 0 aliphatic heterocycles. The predicted octanol–water partition coefficient (Wildman–Crippen LogP) is 2.08. The van der Waals surface area contributed by atoms with Crippen LogP contribution in [0.5, 0.6) is 11.5 Å². The minimum atomic E-state index is -0.265. The van der Waals surface area contributed by atoms with Crippen LogP contribution in [0.15, 0.2) is 41.0 Å². The SMILES string of the molecule is COc1cc(OC)cc(C(=O)NCCN(Cc2ccco2)C(C)=O)c1. The van der Waals surface area contributed by atoms with E-state index in [-0.39, 0.29) is 11.8 Å². The lowest BCUT2D eigenvalue weighted by Gasteiger charge is -2.20. The molecule has 7 heteroatoms. The molecule has 0 radical (unpaired) electrons. The van der Waals surface area contributed by atoms with Gasteiger partial charge < -0.3 is 24.1 Å². The molecule has 0 unspecified atom stereocenters. The van der Waals surface area contributed by atoms with E-state index in [0.717, 1.165) is 0 Å². The van der Waals surface area contributed by atoms with E-state index in [2.05, 4.69) is 5.32 Å². The zero-order valence-corrected chi connectivity index (χ0v) is 14.6. The first-order valence-corrected chi connectivity index (χ1v) is 7.82. The van der Waals surface area contributed by atoms with Crippen LogP contribution in [0.25, 0.3) is 0 Å². The van der Waals surface area contributed by atoms with Gasteiger partial charge in [-0.05, 0) is 24.3 Å². The van der Waals surface area contributed by atoms with Gasteiger partial charge >= 0.3 is 0 Å². The van der Waals surface area contributed by atoms with E-state index >= 15 is 0 Å². The molecule has 2 rings (SSSR count). The van der Waals surface area contributed by atoms with Crippen LogP contribution in [-0.2, 0) is 11.3 Å². The number of carbonyl (C=O) groups excluding carboxylic acids is 2. The number of hydrogen-bond acceptors (Lipinski definition) is 5. The standard InChI is InChI=1S/C18H22N2O5/c1-13(21)20(12-15-5-4-8-25-15)7-6-19-18(22)14-9-16(23-2)11-17(10-14)24-3/h4-5,8-11H,6-7,12H2,1-3H3,(H,19,22). The first-order chi connectivity index (χ1) is 12.0. The molecule has 25 heavy (non-hydrogen) atoms. The van der Waals surface area contributed by atoms with Crippen molar-refractivity contribution >= 4 is 11.8 Å². The van der Waals surface area contributed by atoms with Crippen molar-refractivity contribution in [2.75, 3.05) is 27.3 Å². The maximum Gasteiger partial charge on any atom is 0.251 e. The summed E-state index contributed by atoms with van der Waals surface area (Å²) in [6.45, 7) is 2.55. The molecule has 0 aliphatic carbocycles. The average molecular weight is 346 g/mol. The highest BCUT2D eigenvalue weighted by Crippen LogP contribution is 2.22. The highest BCUT2D eigenvalue weighted by Gasteiger charge is 2.13. The van der Waals surface area contributed by atoms with Crippen molar-refractivity contribution in [2.24, 2.45) is 0 Å². The molecular weight excluding hydrogens is 324 g/mol. The van der Waals surface area contributed by atoms with E-state index in [9.17, 15) is 9.59 Å². The lowest BCUT2D eigenvalue weighted by molar-refractivity contribution is -0.129. The second-order valence-electron chi connectivity index (χ2n) is 5.38. The number of ether oxygens (including phenoxy) is 2. The maximum atomic E-state index is 12.3. The van der Waals surface area contributed by atoms with Crippen molar-refractivity contribution in [3.05, 3.63) is 47.9 Å². The second-order valence-corrected chi connectivity index (χ2v) is 5.38. The number of rotatable bonds is 8. The molecule has 0 fully saturated rings. The molecule has 0 saturated heterocycles. The number of furan rings is 1. The van der Waals surface area contributed by atoms with Gasteiger partial charge in [-0.1, -0.05) is 0 Å². The smallest absolute Gasteiger partial charge is 0.251 e. The second kappa shape index (κ2) is 8.77.